The Balaban J connectivity index is 1.64. The van der Waals surface area contributed by atoms with Crippen LogP contribution in [0.4, 0.5) is 4.79 Å². The van der Waals surface area contributed by atoms with Crippen molar-refractivity contribution in [3.05, 3.63) is 48.0 Å². The first-order valence-corrected chi connectivity index (χ1v) is 9.48. The number of hydrogen-bond acceptors (Lipinski definition) is 6. The van der Waals surface area contributed by atoms with Crippen LogP contribution >= 0.6 is 0 Å². The maximum Gasteiger partial charge on any atom is 0.328 e. The van der Waals surface area contributed by atoms with Gasteiger partial charge in [-0.2, -0.15) is 5.10 Å². The quantitative estimate of drug-likeness (QED) is 0.791. The molecule has 1 aromatic carbocycles. The zero-order chi connectivity index (χ0) is 20.0. The summed E-state index contributed by atoms with van der Waals surface area (Å²) in [5.41, 5.74) is 3.29. The summed E-state index contributed by atoms with van der Waals surface area (Å²) in [6.45, 7) is 9.12. The van der Waals surface area contributed by atoms with Crippen LogP contribution in [0, 0.1) is 6.92 Å². The van der Waals surface area contributed by atoms with Crippen molar-refractivity contribution in [3.63, 3.8) is 0 Å². The van der Waals surface area contributed by atoms with E-state index in [1.165, 1.54) is 10.5 Å². The fourth-order valence-corrected chi connectivity index (χ4v) is 4.27. The number of rotatable bonds is 4. The Labute approximate surface area is 165 Å². The summed E-state index contributed by atoms with van der Waals surface area (Å²) in [4.78, 5) is 30.7. The van der Waals surface area contributed by atoms with Gasteiger partial charge in [0.05, 0.1) is 6.54 Å². The van der Waals surface area contributed by atoms with Crippen molar-refractivity contribution in [3.8, 4) is 0 Å². The smallest absolute Gasteiger partial charge is 0.310 e. The Morgan fingerprint density at radius 1 is 1.32 bits per heavy atom. The number of nitrogens with one attached hydrogen (secondary N) is 1. The molecular formula is C20H26N6O2. The molecule has 3 atom stereocenters. The van der Waals surface area contributed by atoms with Gasteiger partial charge < -0.3 is 4.90 Å². The second kappa shape index (κ2) is 7.03. The molecule has 3 aliphatic rings. The van der Waals surface area contributed by atoms with Crippen LogP contribution in [-0.2, 0) is 11.3 Å². The Hall–Kier alpha value is -2.71. The Morgan fingerprint density at radius 2 is 2.11 bits per heavy atom. The summed E-state index contributed by atoms with van der Waals surface area (Å²) in [6, 6.07) is 7.56. The molecule has 3 heterocycles. The Morgan fingerprint density at radius 3 is 2.82 bits per heavy atom. The molecule has 3 amide bonds. The third kappa shape index (κ3) is 2.98. The van der Waals surface area contributed by atoms with E-state index in [4.69, 9.17) is 5.10 Å². The summed E-state index contributed by atoms with van der Waals surface area (Å²) in [5, 5.41) is 10.2. The number of carbonyl (C=O) groups is 2. The maximum atomic E-state index is 13.1. The van der Waals surface area contributed by atoms with E-state index in [9.17, 15) is 9.59 Å². The fraction of sp³-hybridized carbons (Fsp3) is 0.450. The minimum Gasteiger partial charge on any atom is -0.310 e. The number of likely N-dealkylation sites (N-methyl/N-ethyl adjacent to an activating group) is 1. The highest BCUT2D eigenvalue weighted by atomic mass is 16.2. The molecule has 8 nitrogen and oxygen atoms in total. The average Bonchev–Trinajstić information content (AvgIpc) is 3.03. The number of aryl methyl sites for hydroxylation is 1. The van der Waals surface area contributed by atoms with Crippen molar-refractivity contribution in [1.82, 2.24) is 25.0 Å². The molecule has 148 valence electrons. The maximum absolute atomic E-state index is 13.1. The van der Waals surface area contributed by atoms with E-state index in [1.54, 1.807) is 18.0 Å². The van der Waals surface area contributed by atoms with Crippen LogP contribution in [0.25, 0.3) is 0 Å². The van der Waals surface area contributed by atoms with E-state index < -0.39 is 6.04 Å². The molecule has 1 N–H and O–H groups in total. The first-order valence-electron chi connectivity index (χ1n) is 9.48. The van der Waals surface area contributed by atoms with Gasteiger partial charge in [-0.15, -0.1) is 6.58 Å². The van der Waals surface area contributed by atoms with Crippen molar-refractivity contribution in [2.75, 3.05) is 20.1 Å². The fourth-order valence-electron chi connectivity index (χ4n) is 4.27. The van der Waals surface area contributed by atoms with Gasteiger partial charge in [0, 0.05) is 25.8 Å². The van der Waals surface area contributed by atoms with Gasteiger partial charge in [0.2, 0.25) is 0 Å². The van der Waals surface area contributed by atoms with Gasteiger partial charge in [0.1, 0.15) is 12.2 Å². The predicted octanol–water partition coefficient (Wildman–Crippen LogP) is 1.15. The number of carbonyl (C=O) groups excluding carboxylic acids is 2. The van der Waals surface area contributed by atoms with Gasteiger partial charge in [-0.3, -0.25) is 20.0 Å². The van der Waals surface area contributed by atoms with Crippen molar-refractivity contribution >= 4 is 17.6 Å². The highest BCUT2D eigenvalue weighted by molar-refractivity contribution is 6.01. The number of hydrogen-bond donors (Lipinski definition) is 1. The number of urea groups is 1. The molecule has 4 rings (SSSR count). The van der Waals surface area contributed by atoms with E-state index in [2.05, 4.69) is 41.9 Å². The highest BCUT2D eigenvalue weighted by Gasteiger charge is 2.56. The molecule has 3 aliphatic heterocycles. The molecule has 2 fully saturated rings. The van der Waals surface area contributed by atoms with Crippen LogP contribution in [0.1, 0.15) is 18.1 Å². The van der Waals surface area contributed by atoms with Crippen LogP contribution in [0.15, 0.2) is 42.0 Å². The van der Waals surface area contributed by atoms with Crippen LogP contribution in [0.2, 0.25) is 0 Å². The number of imide groups is 1. The summed E-state index contributed by atoms with van der Waals surface area (Å²) in [7, 11) is 1.73. The molecule has 3 unspecified atom stereocenters. The molecule has 0 aliphatic carbocycles. The van der Waals surface area contributed by atoms with Crippen LogP contribution in [0.5, 0.6) is 0 Å². The lowest BCUT2D eigenvalue weighted by molar-refractivity contribution is -0.138. The predicted molar refractivity (Wildman–Crippen MR) is 106 cm³/mol. The van der Waals surface area contributed by atoms with Gasteiger partial charge in [-0.05, 0) is 19.4 Å². The first-order chi connectivity index (χ1) is 13.4. The SMILES string of the molecule is C=CCN1C(=O)C2C(NC3N(Cc4cccc(C)c4)N=C(C)CN23)N(C)C1=O. The molecule has 1 aromatic rings. The zero-order valence-electron chi connectivity index (χ0n) is 16.5. The molecule has 0 spiro atoms. The minimum absolute atomic E-state index is 0.187. The Bertz CT molecular complexity index is 853. The zero-order valence-corrected chi connectivity index (χ0v) is 16.5. The number of benzene rings is 1. The summed E-state index contributed by atoms with van der Waals surface area (Å²) in [6.07, 6.45) is 0.950. The van der Waals surface area contributed by atoms with E-state index in [0.29, 0.717) is 13.1 Å². The number of nitrogens with zero attached hydrogens (tertiary/aromatic N) is 5. The normalized spacial score (nSPS) is 27.6. The monoisotopic (exact) mass is 382 g/mol. The molecule has 0 saturated carbocycles. The topological polar surface area (TPSA) is 71.5 Å². The summed E-state index contributed by atoms with van der Waals surface area (Å²) >= 11 is 0. The second-order valence-electron chi connectivity index (χ2n) is 7.66. The third-order valence-electron chi connectivity index (χ3n) is 5.49. The molecule has 28 heavy (non-hydrogen) atoms. The van der Waals surface area contributed by atoms with Crippen molar-refractivity contribution in [1.29, 1.82) is 0 Å². The van der Waals surface area contributed by atoms with Gasteiger partial charge >= 0.3 is 6.03 Å². The van der Waals surface area contributed by atoms with Gasteiger partial charge in [0.15, 0.2) is 6.29 Å². The third-order valence-corrected chi connectivity index (χ3v) is 5.49. The van der Waals surface area contributed by atoms with Crippen LogP contribution < -0.4 is 5.32 Å². The molecule has 2 saturated heterocycles. The van der Waals surface area contributed by atoms with Gasteiger partial charge in [0.25, 0.3) is 5.91 Å². The van der Waals surface area contributed by atoms with Gasteiger partial charge in [-0.25, -0.2) is 9.69 Å². The summed E-state index contributed by atoms with van der Waals surface area (Å²) < 4.78 is 0. The standard InChI is InChI=1S/C20H26N6O2/c1-5-9-24-18(27)16-17(23(4)20(24)28)21-19-25(16)11-14(3)22-26(19)12-15-8-6-7-13(2)10-15/h5-8,10,16-17,19,21H,1,9,11-12H2,2-4H3. The molecule has 0 radical (unpaired) electrons. The van der Waals surface area contributed by atoms with Crippen molar-refractivity contribution in [2.45, 2.75) is 38.9 Å². The molecule has 8 heteroatoms. The highest BCUT2D eigenvalue weighted by Crippen LogP contribution is 2.30. The van der Waals surface area contributed by atoms with Crippen molar-refractivity contribution < 1.29 is 9.59 Å². The lowest BCUT2D eigenvalue weighted by atomic mass is 10.1. The second-order valence-corrected chi connectivity index (χ2v) is 7.66. The minimum atomic E-state index is -0.446. The van der Waals surface area contributed by atoms with Crippen LogP contribution in [0.3, 0.4) is 0 Å². The number of fused-ring (bicyclic) bond motifs is 3. The number of amides is 3. The van der Waals surface area contributed by atoms with Crippen LogP contribution in [-0.4, -0.2) is 76.0 Å². The molecule has 0 aromatic heterocycles. The molecule has 0 bridgehead atoms. The first kappa shape index (κ1) is 18.6. The largest absolute Gasteiger partial charge is 0.328 e. The molecular weight excluding hydrogens is 356 g/mol. The lowest BCUT2D eigenvalue weighted by Crippen LogP contribution is -2.66. The van der Waals surface area contributed by atoms with Gasteiger partial charge in [-0.1, -0.05) is 35.9 Å². The van der Waals surface area contributed by atoms with E-state index in [-0.39, 0.29) is 30.9 Å². The Kier molecular flexibility index (Phi) is 4.68. The lowest BCUT2D eigenvalue weighted by Gasteiger charge is -2.42. The average molecular weight is 382 g/mol. The number of hydrazone groups is 1. The summed E-state index contributed by atoms with van der Waals surface area (Å²) in [5.74, 6) is -0.187. The van der Waals surface area contributed by atoms with Crippen molar-refractivity contribution in [2.24, 2.45) is 5.10 Å². The van der Waals surface area contributed by atoms with E-state index in [1.807, 2.05) is 18.0 Å². The van der Waals surface area contributed by atoms with E-state index in [0.717, 1.165) is 11.3 Å². The van der Waals surface area contributed by atoms with E-state index >= 15 is 0 Å².